The molecule has 3 fully saturated rings. The number of nitrogens with zero attached hydrogens (tertiary/aromatic N) is 1. The summed E-state index contributed by atoms with van der Waals surface area (Å²) in [5.74, 6) is 2.63. The van der Waals surface area contributed by atoms with E-state index in [9.17, 15) is 4.79 Å². The molecule has 0 radical (unpaired) electrons. The summed E-state index contributed by atoms with van der Waals surface area (Å²) in [6, 6.07) is 0.712. The van der Waals surface area contributed by atoms with E-state index in [1.807, 2.05) is 0 Å². The predicted molar refractivity (Wildman–Crippen MR) is 63.0 cm³/mol. The number of hydrogen-bond donors (Lipinski definition) is 1. The molecule has 0 spiro atoms. The topological polar surface area (TPSA) is 42.2 Å². The molecule has 3 aliphatic rings. The first-order chi connectivity index (χ1) is 7.66. The maximum Gasteiger partial charge on any atom is 0.241 e. The minimum Gasteiger partial charge on any atom is -0.341 e. The number of nitrogens with one attached hydrogen (secondary N) is 1. The van der Waals surface area contributed by atoms with Crippen LogP contribution in [0.2, 0.25) is 0 Å². The van der Waals surface area contributed by atoms with Gasteiger partial charge in [0.1, 0.15) is 6.04 Å². The number of amides is 1. The molecule has 1 aliphatic carbocycles. The molecular weight excluding hydrogens is 200 g/mol. The van der Waals surface area contributed by atoms with Gasteiger partial charge >= 0.3 is 0 Å². The van der Waals surface area contributed by atoms with E-state index in [-0.39, 0.29) is 6.04 Å². The molecule has 3 atom stereocenters. The van der Waals surface area contributed by atoms with Crippen molar-refractivity contribution in [3.05, 3.63) is 0 Å². The zero-order chi connectivity index (χ0) is 11.3. The second-order valence-corrected chi connectivity index (χ2v) is 6.08. The van der Waals surface area contributed by atoms with Crippen molar-refractivity contribution in [1.29, 1.82) is 0 Å². The Hall–Kier alpha value is -0.570. The van der Waals surface area contributed by atoms with E-state index < -0.39 is 0 Å². The van der Waals surface area contributed by atoms with Gasteiger partial charge in [0.25, 0.3) is 0 Å². The highest BCUT2D eigenvalue weighted by molar-refractivity contribution is 5.86. The Labute approximate surface area is 97.6 Å². The van der Waals surface area contributed by atoms with Gasteiger partial charge in [-0.2, -0.15) is 0 Å². The van der Waals surface area contributed by atoms with Crippen molar-refractivity contribution >= 4 is 5.91 Å². The third-order valence-corrected chi connectivity index (χ3v) is 4.50. The molecule has 90 valence electrons. The third-order valence-electron chi connectivity index (χ3n) is 4.50. The molecule has 0 aromatic heterocycles. The average molecular weight is 222 g/mol. The Kier molecular flexibility index (Phi) is 2.46. The zero-order valence-electron chi connectivity index (χ0n) is 10.3. The van der Waals surface area contributed by atoms with Crippen LogP contribution in [-0.2, 0) is 4.79 Å². The van der Waals surface area contributed by atoms with Crippen molar-refractivity contribution in [3.8, 4) is 0 Å². The standard InChI is InChI=1S/C13H22N2O/c1-8(2)10-5-6-15(7-10)13(16)12-11(14-12)9-3-4-9/h8-12,14H,3-7H2,1-2H3. The van der Waals surface area contributed by atoms with Gasteiger partial charge in [0, 0.05) is 19.1 Å². The molecule has 0 aromatic carbocycles. The van der Waals surface area contributed by atoms with Crippen LogP contribution in [0.5, 0.6) is 0 Å². The summed E-state index contributed by atoms with van der Waals surface area (Å²) >= 11 is 0. The second-order valence-electron chi connectivity index (χ2n) is 6.08. The Bertz CT molecular complexity index is 298. The summed E-state index contributed by atoms with van der Waals surface area (Å²) < 4.78 is 0. The maximum atomic E-state index is 12.2. The van der Waals surface area contributed by atoms with Gasteiger partial charge in [0.2, 0.25) is 5.91 Å². The molecule has 16 heavy (non-hydrogen) atoms. The highest BCUT2D eigenvalue weighted by Crippen LogP contribution is 2.40. The Morgan fingerprint density at radius 3 is 2.62 bits per heavy atom. The summed E-state index contributed by atoms with van der Waals surface area (Å²) in [6.07, 6.45) is 3.86. The van der Waals surface area contributed by atoms with Crippen molar-refractivity contribution in [1.82, 2.24) is 10.2 Å². The van der Waals surface area contributed by atoms with Crippen LogP contribution in [-0.4, -0.2) is 36.0 Å². The van der Waals surface area contributed by atoms with E-state index in [0.717, 1.165) is 24.9 Å². The monoisotopic (exact) mass is 222 g/mol. The van der Waals surface area contributed by atoms with Gasteiger partial charge in [-0.3, -0.25) is 10.1 Å². The molecule has 3 unspecified atom stereocenters. The number of likely N-dealkylation sites (tertiary alicyclic amines) is 1. The van der Waals surface area contributed by atoms with Gasteiger partial charge in [-0.1, -0.05) is 13.8 Å². The van der Waals surface area contributed by atoms with Gasteiger partial charge < -0.3 is 4.90 Å². The average Bonchev–Trinajstić information content (AvgIpc) is 3.11. The Morgan fingerprint density at radius 2 is 2.06 bits per heavy atom. The lowest BCUT2D eigenvalue weighted by molar-refractivity contribution is -0.129. The molecule has 1 N–H and O–H groups in total. The normalized spacial score (nSPS) is 38.2. The molecule has 1 saturated carbocycles. The van der Waals surface area contributed by atoms with Crippen LogP contribution in [0.1, 0.15) is 33.1 Å². The molecule has 2 saturated heterocycles. The van der Waals surface area contributed by atoms with Crippen LogP contribution in [0.25, 0.3) is 0 Å². The van der Waals surface area contributed by atoms with Gasteiger partial charge in [-0.25, -0.2) is 0 Å². The van der Waals surface area contributed by atoms with E-state index in [4.69, 9.17) is 0 Å². The van der Waals surface area contributed by atoms with E-state index in [0.29, 0.717) is 17.9 Å². The Balaban J connectivity index is 1.52. The van der Waals surface area contributed by atoms with Crippen molar-refractivity contribution < 1.29 is 4.79 Å². The largest absolute Gasteiger partial charge is 0.341 e. The molecule has 2 aliphatic heterocycles. The van der Waals surface area contributed by atoms with Crippen molar-refractivity contribution in [3.63, 3.8) is 0 Å². The SMILES string of the molecule is CC(C)C1CCN(C(=O)C2NC2C2CC2)C1. The Morgan fingerprint density at radius 1 is 1.31 bits per heavy atom. The van der Waals surface area contributed by atoms with Crippen LogP contribution >= 0.6 is 0 Å². The lowest BCUT2D eigenvalue weighted by atomic mass is 9.95. The lowest BCUT2D eigenvalue weighted by Gasteiger charge is -2.17. The summed E-state index contributed by atoms with van der Waals surface area (Å²) in [5, 5.41) is 3.36. The minimum atomic E-state index is 0.179. The molecule has 0 aromatic rings. The number of rotatable bonds is 3. The minimum absolute atomic E-state index is 0.179. The number of hydrogen-bond acceptors (Lipinski definition) is 2. The van der Waals surface area contributed by atoms with E-state index >= 15 is 0 Å². The van der Waals surface area contributed by atoms with Crippen LogP contribution in [0.4, 0.5) is 0 Å². The molecule has 3 heteroatoms. The van der Waals surface area contributed by atoms with Gasteiger partial charge in [0.05, 0.1) is 0 Å². The number of carbonyl (C=O) groups is 1. The van der Waals surface area contributed by atoms with Crippen LogP contribution in [0.3, 0.4) is 0 Å². The molecule has 3 rings (SSSR count). The van der Waals surface area contributed by atoms with E-state index in [1.165, 1.54) is 19.3 Å². The van der Waals surface area contributed by atoms with Gasteiger partial charge in [-0.05, 0) is 37.0 Å². The molecule has 0 bridgehead atoms. The molecule has 1 amide bonds. The lowest BCUT2D eigenvalue weighted by Crippen LogP contribution is -2.34. The van der Waals surface area contributed by atoms with Crippen LogP contribution < -0.4 is 5.32 Å². The summed E-state index contributed by atoms with van der Waals surface area (Å²) in [5.41, 5.74) is 0. The second kappa shape index (κ2) is 3.73. The fraction of sp³-hybridized carbons (Fsp3) is 0.923. The highest BCUT2D eigenvalue weighted by Gasteiger charge is 2.52. The zero-order valence-corrected chi connectivity index (χ0v) is 10.3. The summed E-state index contributed by atoms with van der Waals surface area (Å²) in [7, 11) is 0. The van der Waals surface area contributed by atoms with Crippen molar-refractivity contribution in [2.75, 3.05) is 13.1 Å². The van der Waals surface area contributed by atoms with E-state index in [1.54, 1.807) is 0 Å². The van der Waals surface area contributed by atoms with Crippen molar-refractivity contribution in [2.24, 2.45) is 17.8 Å². The third kappa shape index (κ3) is 1.86. The smallest absolute Gasteiger partial charge is 0.241 e. The molecular formula is C13H22N2O. The van der Waals surface area contributed by atoms with Crippen molar-refractivity contribution in [2.45, 2.75) is 45.2 Å². The first kappa shape index (κ1) is 10.6. The fourth-order valence-electron chi connectivity index (χ4n) is 2.97. The molecule has 2 heterocycles. The summed E-state index contributed by atoms with van der Waals surface area (Å²) in [4.78, 5) is 14.3. The number of carbonyl (C=O) groups excluding carboxylic acids is 1. The summed E-state index contributed by atoms with van der Waals surface area (Å²) in [6.45, 7) is 6.51. The molecule has 3 nitrogen and oxygen atoms in total. The fourth-order valence-corrected chi connectivity index (χ4v) is 2.97. The first-order valence-electron chi connectivity index (χ1n) is 6.71. The predicted octanol–water partition coefficient (Wildman–Crippen LogP) is 1.24. The van der Waals surface area contributed by atoms with Gasteiger partial charge in [-0.15, -0.1) is 0 Å². The quantitative estimate of drug-likeness (QED) is 0.730. The van der Waals surface area contributed by atoms with E-state index in [2.05, 4.69) is 24.1 Å². The highest BCUT2D eigenvalue weighted by atomic mass is 16.2. The van der Waals surface area contributed by atoms with Crippen LogP contribution in [0, 0.1) is 17.8 Å². The maximum absolute atomic E-state index is 12.2. The van der Waals surface area contributed by atoms with Gasteiger partial charge in [0.15, 0.2) is 0 Å². The van der Waals surface area contributed by atoms with Crippen LogP contribution in [0.15, 0.2) is 0 Å². The first-order valence-corrected chi connectivity index (χ1v) is 6.71.